The number of halogens is 1. The molecule has 0 spiro atoms. The molecule has 2 aromatic heterocycles. The quantitative estimate of drug-likeness (QED) is 0.757. The summed E-state index contributed by atoms with van der Waals surface area (Å²) in [5.41, 5.74) is 3.07. The summed E-state index contributed by atoms with van der Waals surface area (Å²) < 4.78 is 6.26. The van der Waals surface area contributed by atoms with Gasteiger partial charge < -0.3 is 10.1 Å². The maximum atomic E-state index is 5.25. The van der Waals surface area contributed by atoms with E-state index in [1.54, 1.807) is 13.3 Å². The van der Waals surface area contributed by atoms with Gasteiger partial charge in [0.2, 0.25) is 0 Å². The third kappa shape index (κ3) is 3.68. The van der Waals surface area contributed by atoms with Gasteiger partial charge in [0.15, 0.2) is 5.82 Å². The summed E-state index contributed by atoms with van der Waals surface area (Å²) in [6, 6.07) is 1.97. The summed E-state index contributed by atoms with van der Waals surface area (Å²) in [5, 5.41) is 3.29. The van der Waals surface area contributed by atoms with E-state index >= 15 is 0 Å². The lowest BCUT2D eigenvalue weighted by molar-refractivity contribution is 0.181. The van der Waals surface area contributed by atoms with Crippen LogP contribution in [0.15, 0.2) is 18.5 Å². The van der Waals surface area contributed by atoms with Gasteiger partial charge in [0.25, 0.3) is 0 Å². The molecule has 2 rings (SSSR count). The number of rotatable bonds is 6. The molecule has 2 heterocycles. The van der Waals surface area contributed by atoms with Gasteiger partial charge in [-0.3, -0.25) is 4.98 Å². The minimum Gasteiger partial charge on any atom is -0.378 e. The van der Waals surface area contributed by atoms with Gasteiger partial charge in [0.05, 0.1) is 15.9 Å². The zero-order valence-corrected chi connectivity index (χ0v) is 14.6. The molecule has 0 unspecified atom stereocenters. The van der Waals surface area contributed by atoms with Crippen LogP contribution in [-0.2, 0) is 17.8 Å². The van der Waals surface area contributed by atoms with Crippen LogP contribution in [0.1, 0.15) is 25.1 Å². The van der Waals surface area contributed by atoms with Crippen LogP contribution in [0.4, 0.5) is 5.82 Å². The van der Waals surface area contributed by atoms with Crippen LogP contribution in [0.3, 0.4) is 0 Å². The summed E-state index contributed by atoms with van der Waals surface area (Å²) in [4.78, 5) is 13.5. The number of anilines is 1. The highest BCUT2D eigenvalue weighted by Gasteiger charge is 2.14. The number of nitrogens with zero attached hydrogens (tertiary/aromatic N) is 3. The van der Waals surface area contributed by atoms with Crippen molar-refractivity contribution in [2.75, 3.05) is 19.0 Å². The van der Waals surface area contributed by atoms with Crippen LogP contribution in [0.2, 0.25) is 0 Å². The van der Waals surface area contributed by atoms with Crippen molar-refractivity contribution >= 4 is 28.4 Å². The Morgan fingerprint density at radius 2 is 2.10 bits per heavy atom. The van der Waals surface area contributed by atoms with E-state index in [-0.39, 0.29) is 0 Å². The number of pyridine rings is 1. The van der Waals surface area contributed by atoms with Crippen LogP contribution in [0.25, 0.3) is 11.4 Å². The van der Waals surface area contributed by atoms with Crippen LogP contribution in [-0.4, -0.2) is 28.6 Å². The molecule has 112 valence electrons. The molecule has 0 amide bonds. The SMILES string of the molecule is CCNc1nc(-c2ccncc2CC)nc(COC)c1I. The Morgan fingerprint density at radius 3 is 2.76 bits per heavy atom. The molecule has 5 nitrogen and oxygen atoms in total. The normalized spacial score (nSPS) is 10.7. The number of hydrogen-bond acceptors (Lipinski definition) is 5. The van der Waals surface area contributed by atoms with E-state index in [0.29, 0.717) is 6.61 Å². The first-order chi connectivity index (χ1) is 10.2. The molecule has 0 aliphatic heterocycles. The molecular formula is C15H19IN4O. The number of aromatic nitrogens is 3. The molecule has 0 bridgehead atoms. The van der Waals surface area contributed by atoms with Crippen molar-refractivity contribution in [1.29, 1.82) is 0 Å². The van der Waals surface area contributed by atoms with Crippen LogP contribution in [0.5, 0.6) is 0 Å². The summed E-state index contributed by atoms with van der Waals surface area (Å²) >= 11 is 2.26. The average molecular weight is 398 g/mol. The van der Waals surface area contributed by atoms with Gasteiger partial charge in [0, 0.05) is 31.6 Å². The Bertz CT molecular complexity index is 591. The van der Waals surface area contributed by atoms with Crippen molar-refractivity contribution in [2.24, 2.45) is 0 Å². The zero-order chi connectivity index (χ0) is 15.2. The second-order valence-corrected chi connectivity index (χ2v) is 5.58. The van der Waals surface area contributed by atoms with Gasteiger partial charge >= 0.3 is 0 Å². The number of methoxy groups -OCH3 is 1. The first-order valence-electron chi connectivity index (χ1n) is 6.93. The third-order valence-electron chi connectivity index (χ3n) is 3.07. The van der Waals surface area contributed by atoms with Crippen molar-refractivity contribution in [2.45, 2.75) is 26.9 Å². The molecule has 21 heavy (non-hydrogen) atoms. The first kappa shape index (κ1) is 16.1. The summed E-state index contributed by atoms with van der Waals surface area (Å²) in [7, 11) is 1.68. The summed E-state index contributed by atoms with van der Waals surface area (Å²) in [5.74, 6) is 1.58. The summed E-state index contributed by atoms with van der Waals surface area (Å²) in [6.07, 6.45) is 4.55. The fourth-order valence-corrected chi connectivity index (χ4v) is 2.65. The zero-order valence-electron chi connectivity index (χ0n) is 12.5. The standard InChI is InChI=1S/C15H19IN4O/c1-4-10-8-17-7-6-11(10)14-19-12(9-21-3)13(16)15(20-14)18-5-2/h6-8H,4-5,9H2,1-3H3,(H,18,19,20). The third-order valence-corrected chi connectivity index (χ3v) is 4.20. The van der Waals surface area contributed by atoms with Crippen molar-refractivity contribution in [3.8, 4) is 11.4 Å². The van der Waals surface area contributed by atoms with E-state index in [1.807, 2.05) is 12.3 Å². The number of hydrogen-bond donors (Lipinski definition) is 1. The van der Waals surface area contributed by atoms with Crippen LogP contribution in [0, 0.1) is 3.57 Å². The fraction of sp³-hybridized carbons (Fsp3) is 0.400. The Balaban J connectivity index is 2.57. The van der Waals surface area contributed by atoms with E-state index in [4.69, 9.17) is 4.74 Å². The molecule has 0 saturated heterocycles. The molecule has 0 aliphatic carbocycles. The largest absolute Gasteiger partial charge is 0.378 e. The fourth-order valence-electron chi connectivity index (χ4n) is 2.06. The van der Waals surface area contributed by atoms with E-state index in [1.165, 1.54) is 0 Å². The number of aryl methyl sites for hydroxylation is 1. The molecule has 0 aromatic carbocycles. The second kappa shape index (κ2) is 7.65. The predicted octanol–water partition coefficient (Wildman–Crippen LogP) is 3.28. The molecule has 6 heteroatoms. The molecule has 0 atom stereocenters. The minimum atomic E-state index is 0.471. The van der Waals surface area contributed by atoms with Gasteiger partial charge in [-0.25, -0.2) is 9.97 Å². The number of ether oxygens (including phenoxy) is 1. The van der Waals surface area contributed by atoms with Crippen molar-refractivity contribution < 1.29 is 4.74 Å². The van der Waals surface area contributed by atoms with Crippen LogP contribution >= 0.6 is 22.6 Å². The van der Waals surface area contributed by atoms with Crippen molar-refractivity contribution in [1.82, 2.24) is 15.0 Å². The molecule has 2 aromatic rings. The number of nitrogens with one attached hydrogen (secondary N) is 1. The van der Waals surface area contributed by atoms with E-state index in [2.05, 4.69) is 56.7 Å². The van der Waals surface area contributed by atoms with Crippen molar-refractivity contribution in [3.63, 3.8) is 0 Å². The summed E-state index contributed by atoms with van der Waals surface area (Å²) in [6.45, 7) is 5.45. The minimum absolute atomic E-state index is 0.471. The Morgan fingerprint density at radius 1 is 1.29 bits per heavy atom. The average Bonchev–Trinajstić information content (AvgIpc) is 2.51. The van der Waals surface area contributed by atoms with Gasteiger partial charge in [0.1, 0.15) is 5.82 Å². The molecule has 0 aliphatic rings. The Kier molecular flexibility index (Phi) is 5.86. The maximum Gasteiger partial charge on any atom is 0.162 e. The van der Waals surface area contributed by atoms with Gasteiger partial charge in [-0.1, -0.05) is 6.92 Å². The maximum absolute atomic E-state index is 5.25. The highest BCUT2D eigenvalue weighted by Crippen LogP contribution is 2.26. The Labute approximate surface area is 138 Å². The van der Waals surface area contributed by atoms with Crippen molar-refractivity contribution in [3.05, 3.63) is 33.3 Å². The highest BCUT2D eigenvalue weighted by atomic mass is 127. The van der Waals surface area contributed by atoms with Crippen LogP contribution < -0.4 is 5.32 Å². The lowest BCUT2D eigenvalue weighted by atomic mass is 10.1. The highest BCUT2D eigenvalue weighted by molar-refractivity contribution is 14.1. The monoisotopic (exact) mass is 398 g/mol. The molecular weight excluding hydrogens is 379 g/mol. The molecule has 0 fully saturated rings. The van der Waals surface area contributed by atoms with E-state index in [9.17, 15) is 0 Å². The lowest BCUT2D eigenvalue weighted by Gasteiger charge is -2.13. The molecule has 1 N–H and O–H groups in total. The van der Waals surface area contributed by atoms with Gasteiger partial charge in [-0.2, -0.15) is 0 Å². The smallest absolute Gasteiger partial charge is 0.162 e. The van der Waals surface area contributed by atoms with E-state index in [0.717, 1.165) is 45.0 Å². The predicted molar refractivity (Wildman–Crippen MR) is 92.2 cm³/mol. The molecule has 0 radical (unpaired) electrons. The topological polar surface area (TPSA) is 59.9 Å². The van der Waals surface area contributed by atoms with E-state index < -0.39 is 0 Å². The first-order valence-corrected chi connectivity index (χ1v) is 8.01. The lowest BCUT2D eigenvalue weighted by Crippen LogP contribution is -2.09. The van der Waals surface area contributed by atoms with Gasteiger partial charge in [-0.05, 0) is 47.6 Å². The Hall–Kier alpha value is -1.28. The second-order valence-electron chi connectivity index (χ2n) is 4.51. The van der Waals surface area contributed by atoms with Gasteiger partial charge in [-0.15, -0.1) is 0 Å². The molecule has 0 saturated carbocycles.